The van der Waals surface area contributed by atoms with Gasteiger partial charge in [0.2, 0.25) is 0 Å². The molecule has 6 heteroatoms. The Morgan fingerprint density at radius 2 is 1.92 bits per heavy atom. The summed E-state index contributed by atoms with van der Waals surface area (Å²) in [5.74, 6) is 0.496. The summed E-state index contributed by atoms with van der Waals surface area (Å²) < 4.78 is 6.77. The molecule has 0 saturated carbocycles. The monoisotopic (exact) mass is 412 g/mol. The molecule has 0 spiro atoms. The van der Waals surface area contributed by atoms with E-state index in [2.05, 4.69) is 21.2 Å². The number of rotatable bonds is 6. The average Bonchev–Trinajstić information content (AvgIpc) is 2.51. The molecule has 130 valence electrons. The lowest BCUT2D eigenvalue weighted by molar-refractivity contribution is 0.0945. The van der Waals surface area contributed by atoms with E-state index >= 15 is 0 Å². The molecule has 4 nitrogen and oxygen atoms in total. The van der Waals surface area contributed by atoms with Crippen molar-refractivity contribution in [3.63, 3.8) is 0 Å². The quantitative estimate of drug-likeness (QED) is 0.754. The Morgan fingerprint density at radius 1 is 1.21 bits per heavy atom. The number of hydrogen-bond donors (Lipinski definition) is 2. The van der Waals surface area contributed by atoms with Gasteiger partial charge in [-0.3, -0.25) is 4.79 Å². The Kier molecular flexibility index (Phi) is 7.73. The third-order valence-corrected chi connectivity index (χ3v) is 3.93. The third kappa shape index (κ3) is 6.51. The molecule has 1 amide bonds. The minimum Gasteiger partial charge on any atom is -0.489 e. The highest BCUT2D eigenvalue weighted by molar-refractivity contribution is 9.10. The first-order valence-electron chi connectivity index (χ1n) is 7.38. The number of nitrogens with two attached hydrogens (primary N) is 1. The van der Waals surface area contributed by atoms with Gasteiger partial charge in [-0.2, -0.15) is 0 Å². The SMILES string of the molecule is CC(C)(N)CNC(=O)c1cccc(OCc2ccccc2Br)c1.Cl. The molecule has 0 aliphatic carbocycles. The topological polar surface area (TPSA) is 64.3 Å². The molecule has 0 fully saturated rings. The Morgan fingerprint density at radius 3 is 2.58 bits per heavy atom. The van der Waals surface area contributed by atoms with Crippen LogP contribution in [-0.4, -0.2) is 18.0 Å². The first-order chi connectivity index (χ1) is 10.8. The van der Waals surface area contributed by atoms with Gasteiger partial charge in [0.1, 0.15) is 12.4 Å². The molecule has 0 aromatic heterocycles. The van der Waals surface area contributed by atoms with Gasteiger partial charge >= 0.3 is 0 Å². The second-order valence-corrected chi connectivity index (χ2v) is 6.93. The largest absolute Gasteiger partial charge is 0.489 e. The van der Waals surface area contributed by atoms with Gasteiger partial charge < -0.3 is 15.8 Å². The molecule has 0 aliphatic rings. The van der Waals surface area contributed by atoms with Gasteiger partial charge in [0.25, 0.3) is 5.91 Å². The molecule has 24 heavy (non-hydrogen) atoms. The average molecular weight is 414 g/mol. The van der Waals surface area contributed by atoms with Crippen LogP contribution in [-0.2, 0) is 6.61 Å². The summed E-state index contributed by atoms with van der Waals surface area (Å²) in [6, 6.07) is 15.0. The second-order valence-electron chi connectivity index (χ2n) is 6.08. The molecule has 0 heterocycles. The van der Waals surface area contributed by atoms with Gasteiger partial charge in [0, 0.05) is 27.7 Å². The Balaban J connectivity index is 0.00000288. The van der Waals surface area contributed by atoms with Crippen LogP contribution in [0, 0.1) is 0 Å². The molecule has 0 bridgehead atoms. The van der Waals surface area contributed by atoms with Crippen molar-refractivity contribution in [2.75, 3.05) is 6.54 Å². The van der Waals surface area contributed by atoms with Crippen LogP contribution in [0.3, 0.4) is 0 Å². The van der Waals surface area contributed by atoms with E-state index in [-0.39, 0.29) is 18.3 Å². The van der Waals surface area contributed by atoms with E-state index in [1.807, 2.05) is 44.2 Å². The normalized spacial score (nSPS) is 10.7. The zero-order valence-electron chi connectivity index (χ0n) is 13.7. The lowest BCUT2D eigenvalue weighted by atomic mass is 10.1. The first-order valence-corrected chi connectivity index (χ1v) is 8.18. The third-order valence-electron chi connectivity index (χ3n) is 3.15. The zero-order chi connectivity index (χ0) is 16.9. The Hall–Kier alpha value is -1.56. The fourth-order valence-corrected chi connectivity index (χ4v) is 2.31. The number of carbonyl (C=O) groups is 1. The van der Waals surface area contributed by atoms with Crippen molar-refractivity contribution in [1.29, 1.82) is 0 Å². The van der Waals surface area contributed by atoms with E-state index in [4.69, 9.17) is 10.5 Å². The first kappa shape index (κ1) is 20.5. The summed E-state index contributed by atoms with van der Waals surface area (Å²) >= 11 is 3.49. The fraction of sp³-hybridized carbons (Fsp3) is 0.278. The highest BCUT2D eigenvalue weighted by Gasteiger charge is 2.13. The van der Waals surface area contributed by atoms with E-state index in [0.29, 0.717) is 24.5 Å². The molecule has 3 N–H and O–H groups in total. The minimum absolute atomic E-state index is 0. The highest BCUT2D eigenvalue weighted by atomic mass is 79.9. The van der Waals surface area contributed by atoms with Crippen LogP contribution in [0.25, 0.3) is 0 Å². The van der Waals surface area contributed by atoms with E-state index in [0.717, 1.165) is 10.0 Å². The molecule has 2 rings (SSSR count). The number of nitrogens with one attached hydrogen (secondary N) is 1. The van der Waals surface area contributed by atoms with Crippen LogP contribution in [0.2, 0.25) is 0 Å². The standard InChI is InChI=1S/C18H21BrN2O2.ClH/c1-18(2,20)12-21-17(22)13-7-5-8-15(10-13)23-11-14-6-3-4-9-16(14)19;/h3-10H,11-12,20H2,1-2H3,(H,21,22);1H. The van der Waals surface area contributed by atoms with E-state index in [1.54, 1.807) is 18.2 Å². The van der Waals surface area contributed by atoms with Crippen molar-refractivity contribution < 1.29 is 9.53 Å². The number of ether oxygens (including phenoxy) is 1. The summed E-state index contributed by atoms with van der Waals surface area (Å²) in [7, 11) is 0. The predicted molar refractivity (Wildman–Crippen MR) is 103 cm³/mol. The number of hydrogen-bond acceptors (Lipinski definition) is 3. The fourth-order valence-electron chi connectivity index (χ4n) is 1.91. The minimum atomic E-state index is -0.441. The summed E-state index contributed by atoms with van der Waals surface area (Å²) in [5.41, 5.74) is 7.04. The lowest BCUT2D eigenvalue weighted by Gasteiger charge is -2.19. The molecule has 0 aliphatic heterocycles. The predicted octanol–water partition coefficient (Wildman–Crippen LogP) is 3.92. The second kappa shape index (κ2) is 9.06. The molecule has 0 atom stereocenters. The Bertz CT molecular complexity index is 687. The van der Waals surface area contributed by atoms with Crippen LogP contribution in [0.4, 0.5) is 0 Å². The van der Waals surface area contributed by atoms with Crippen LogP contribution in [0.5, 0.6) is 5.75 Å². The Labute approximate surface area is 157 Å². The van der Waals surface area contributed by atoms with E-state index < -0.39 is 5.54 Å². The van der Waals surface area contributed by atoms with Gasteiger partial charge in [-0.1, -0.05) is 40.2 Å². The number of benzene rings is 2. The molecule has 2 aromatic rings. The van der Waals surface area contributed by atoms with Gasteiger partial charge in [-0.25, -0.2) is 0 Å². The van der Waals surface area contributed by atoms with Gasteiger partial charge in [0.05, 0.1) is 0 Å². The van der Waals surface area contributed by atoms with Gasteiger partial charge in [0.15, 0.2) is 0 Å². The maximum Gasteiger partial charge on any atom is 0.251 e. The van der Waals surface area contributed by atoms with E-state index in [1.165, 1.54) is 0 Å². The summed E-state index contributed by atoms with van der Waals surface area (Å²) in [4.78, 5) is 12.1. The number of halogens is 2. The van der Waals surface area contributed by atoms with Crippen LogP contribution in [0.15, 0.2) is 53.0 Å². The zero-order valence-corrected chi connectivity index (χ0v) is 16.1. The van der Waals surface area contributed by atoms with E-state index in [9.17, 15) is 4.79 Å². The van der Waals surface area contributed by atoms with Crippen molar-refractivity contribution >= 4 is 34.2 Å². The highest BCUT2D eigenvalue weighted by Crippen LogP contribution is 2.20. The van der Waals surface area contributed by atoms with Gasteiger partial charge in [-0.05, 0) is 38.1 Å². The summed E-state index contributed by atoms with van der Waals surface area (Å²) in [6.07, 6.45) is 0. The van der Waals surface area contributed by atoms with Crippen LogP contribution in [0.1, 0.15) is 29.8 Å². The maximum atomic E-state index is 12.1. The van der Waals surface area contributed by atoms with Crippen LogP contribution < -0.4 is 15.8 Å². The van der Waals surface area contributed by atoms with Crippen molar-refractivity contribution in [2.45, 2.75) is 26.0 Å². The molecular formula is C18H22BrClN2O2. The smallest absolute Gasteiger partial charge is 0.251 e. The van der Waals surface area contributed by atoms with Crippen molar-refractivity contribution in [2.24, 2.45) is 5.73 Å². The molecule has 0 radical (unpaired) electrons. The van der Waals surface area contributed by atoms with Crippen molar-refractivity contribution in [3.05, 3.63) is 64.1 Å². The van der Waals surface area contributed by atoms with Crippen LogP contribution >= 0.6 is 28.3 Å². The lowest BCUT2D eigenvalue weighted by Crippen LogP contribution is -2.45. The molecular weight excluding hydrogens is 392 g/mol. The van der Waals surface area contributed by atoms with Crippen molar-refractivity contribution in [1.82, 2.24) is 5.32 Å². The summed E-state index contributed by atoms with van der Waals surface area (Å²) in [5, 5.41) is 2.82. The van der Waals surface area contributed by atoms with Gasteiger partial charge in [-0.15, -0.1) is 12.4 Å². The molecule has 0 saturated heterocycles. The summed E-state index contributed by atoms with van der Waals surface area (Å²) in [6.45, 7) is 4.57. The maximum absolute atomic E-state index is 12.1. The molecule has 2 aromatic carbocycles. The molecule has 0 unspecified atom stereocenters. The number of carbonyl (C=O) groups excluding carboxylic acids is 1. The number of amides is 1. The van der Waals surface area contributed by atoms with Crippen molar-refractivity contribution in [3.8, 4) is 5.75 Å².